The van der Waals surface area contributed by atoms with Gasteiger partial charge in [-0.05, 0) is 33.6 Å². The molecule has 5 heteroatoms. The summed E-state index contributed by atoms with van der Waals surface area (Å²) in [6.07, 6.45) is 1.26. The van der Waals surface area contributed by atoms with Gasteiger partial charge >= 0.3 is 6.09 Å². The van der Waals surface area contributed by atoms with Gasteiger partial charge in [-0.2, -0.15) is 0 Å². The van der Waals surface area contributed by atoms with Crippen LogP contribution in [0.4, 0.5) is 4.79 Å². The number of carboxylic acid groups (broad SMARTS) is 1. The van der Waals surface area contributed by atoms with Gasteiger partial charge in [-0.3, -0.25) is 0 Å². The van der Waals surface area contributed by atoms with Crippen molar-refractivity contribution in [1.29, 1.82) is 0 Å². The summed E-state index contributed by atoms with van der Waals surface area (Å²) in [6.45, 7) is 6.90. The lowest BCUT2D eigenvalue weighted by Gasteiger charge is -2.33. The highest BCUT2D eigenvalue weighted by molar-refractivity contribution is 5.65. The number of rotatable bonds is 3. The number of hydrazine groups is 1. The van der Waals surface area contributed by atoms with Crippen molar-refractivity contribution < 1.29 is 14.6 Å². The number of amides is 1. The Morgan fingerprint density at radius 1 is 1.60 bits per heavy atom. The van der Waals surface area contributed by atoms with E-state index in [-0.39, 0.29) is 6.10 Å². The predicted octanol–water partition coefficient (Wildman–Crippen LogP) is 1.45. The molecule has 1 fully saturated rings. The second-order valence-corrected chi connectivity index (χ2v) is 4.79. The second-order valence-electron chi connectivity index (χ2n) is 4.79. The van der Waals surface area contributed by atoms with Gasteiger partial charge in [0.1, 0.15) is 0 Å². The van der Waals surface area contributed by atoms with Crippen LogP contribution in [0.25, 0.3) is 0 Å². The summed E-state index contributed by atoms with van der Waals surface area (Å²) in [7, 11) is 0. The monoisotopic (exact) mass is 216 g/mol. The van der Waals surface area contributed by atoms with E-state index in [1.54, 1.807) is 0 Å². The van der Waals surface area contributed by atoms with E-state index in [4.69, 9.17) is 9.84 Å². The third kappa shape index (κ3) is 3.68. The zero-order valence-electron chi connectivity index (χ0n) is 9.62. The maximum absolute atomic E-state index is 11.0. The summed E-state index contributed by atoms with van der Waals surface area (Å²) in [5.74, 6) is 0. The largest absolute Gasteiger partial charge is 0.464 e. The van der Waals surface area contributed by atoms with Crippen LogP contribution in [-0.2, 0) is 4.74 Å². The third-order valence-electron chi connectivity index (χ3n) is 2.36. The first kappa shape index (κ1) is 12.3. The van der Waals surface area contributed by atoms with E-state index < -0.39 is 11.6 Å². The summed E-state index contributed by atoms with van der Waals surface area (Å²) in [4.78, 5) is 11.0. The summed E-state index contributed by atoms with van der Waals surface area (Å²) in [6, 6.07) is 0. The molecule has 0 aromatic rings. The molecule has 1 aliphatic rings. The SMILES string of the molecule is CC(C)(C)N(NCC1CCCO1)C(=O)O. The first-order chi connectivity index (χ1) is 6.91. The Bertz CT molecular complexity index is 219. The molecule has 1 aliphatic heterocycles. The lowest BCUT2D eigenvalue weighted by molar-refractivity contribution is 0.0388. The van der Waals surface area contributed by atoms with Crippen molar-refractivity contribution in [3.63, 3.8) is 0 Å². The minimum atomic E-state index is -0.958. The molecule has 1 atom stereocenters. The van der Waals surface area contributed by atoms with Gasteiger partial charge in [-0.1, -0.05) is 0 Å². The Labute approximate surface area is 90.4 Å². The molecule has 0 bridgehead atoms. The summed E-state index contributed by atoms with van der Waals surface area (Å²) < 4.78 is 5.41. The molecule has 0 spiro atoms. The first-order valence-corrected chi connectivity index (χ1v) is 5.29. The van der Waals surface area contributed by atoms with Gasteiger partial charge in [0.05, 0.1) is 11.6 Å². The molecule has 1 rings (SSSR count). The summed E-state index contributed by atoms with van der Waals surface area (Å²) >= 11 is 0. The van der Waals surface area contributed by atoms with E-state index >= 15 is 0 Å². The van der Waals surface area contributed by atoms with E-state index in [1.165, 1.54) is 5.01 Å². The van der Waals surface area contributed by atoms with Gasteiger partial charge < -0.3 is 9.84 Å². The molecule has 15 heavy (non-hydrogen) atoms. The van der Waals surface area contributed by atoms with E-state index in [0.29, 0.717) is 6.54 Å². The molecule has 1 heterocycles. The van der Waals surface area contributed by atoms with E-state index in [2.05, 4.69) is 5.43 Å². The van der Waals surface area contributed by atoms with Crippen LogP contribution in [0.15, 0.2) is 0 Å². The van der Waals surface area contributed by atoms with Crippen molar-refractivity contribution in [3.05, 3.63) is 0 Å². The predicted molar refractivity (Wildman–Crippen MR) is 56.6 cm³/mol. The summed E-state index contributed by atoms with van der Waals surface area (Å²) in [5, 5.41) is 10.2. The average Bonchev–Trinajstić information content (AvgIpc) is 2.53. The third-order valence-corrected chi connectivity index (χ3v) is 2.36. The molecule has 1 unspecified atom stereocenters. The van der Waals surface area contributed by atoms with Gasteiger partial charge in [-0.15, -0.1) is 0 Å². The highest BCUT2D eigenvalue weighted by Crippen LogP contribution is 2.13. The van der Waals surface area contributed by atoms with Crippen molar-refractivity contribution in [3.8, 4) is 0 Å². The zero-order chi connectivity index (χ0) is 11.5. The standard InChI is InChI=1S/C10H20N2O3/c1-10(2,3)12(9(13)14)11-7-8-5-4-6-15-8/h8,11H,4-7H2,1-3H3,(H,13,14). The molecular formula is C10H20N2O3. The highest BCUT2D eigenvalue weighted by Gasteiger charge is 2.27. The second kappa shape index (κ2) is 4.81. The number of carbonyl (C=O) groups is 1. The van der Waals surface area contributed by atoms with Crippen molar-refractivity contribution in [1.82, 2.24) is 10.4 Å². The highest BCUT2D eigenvalue weighted by atomic mass is 16.5. The number of ether oxygens (including phenoxy) is 1. The molecule has 0 aromatic carbocycles. The first-order valence-electron chi connectivity index (χ1n) is 5.29. The van der Waals surface area contributed by atoms with Gasteiger partial charge in [0, 0.05) is 13.2 Å². The minimum Gasteiger partial charge on any atom is -0.464 e. The van der Waals surface area contributed by atoms with E-state index in [9.17, 15) is 4.79 Å². The molecule has 88 valence electrons. The lowest BCUT2D eigenvalue weighted by atomic mass is 10.1. The summed E-state index contributed by atoms with van der Waals surface area (Å²) in [5.41, 5.74) is 2.47. The Kier molecular flexibility index (Phi) is 3.93. The van der Waals surface area contributed by atoms with Crippen molar-refractivity contribution in [2.75, 3.05) is 13.2 Å². The van der Waals surface area contributed by atoms with Crippen LogP contribution in [0, 0.1) is 0 Å². The molecule has 0 aliphatic carbocycles. The van der Waals surface area contributed by atoms with Gasteiger partial charge in [0.15, 0.2) is 0 Å². The molecule has 2 N–H and O–H groups in total. The van der Waals surface area contributed by atoms with Crippen LogP contribution >= 0.6 is 0 Å². The van der Waals surface area contributed by atoms with Crippen LogP contribution in [-0.4, -0.2) is 41.0 Å². The smallest absolute Gasteiger partial charge is 0.422 e. The fraction of sp³-hybridized carbons (Fsp3) is 0.900. The maximum Gasteiger partial charge on any atom is 0.422 e. The van der Waals surface area contributed by atoms with Gasteiger partial charge in [0.2, 0.25) is 0 Å². The topological polar surface area (TPSA) is 61.8 Å². The van der Waals surface area contributed by atoms with Gasteiger partial charge in [-0.25, -0.2) is 15.2 Å². The molecule has 0 radical (unpaired) electrons. The molecule has 0 aromatic heterocycles. The molecule has 1 saturated heterocycles. The normalized spacial score (nSPS) is 21.7. The fourth-order valence-electron chi connectivity index (χ4n) is 1.59. The quantitative estimate of drug-likeness (QED) is 0.701. The molecule has 5 nitrogen and oxygen atoms in total. The van der Waals surface area contributed by atoms with Crippen LogP contribution in [0.5, 0.6) is 0 Å². The number of hydrogen-bond donors (Lipinski definition) is 2. The Morgan fingerprint density at radius 2 is 2.27 bits per heavy atom. The van der Waals surface area contributed by atoms with Crippen LogP contribution in [0.3, 0.4) is 0 Å². The fourth-order valence-corrected chi connectivity index (χ4v) is 1.59. The number of nitrogens with one attached hydrogen (secondary N) is 1. The molecule has 1 amide bonds. The molecule has 0 saturated carbocycles. The Morgan fingerprint density at radius 3 is 2.67 bits per heavy atom. The lowest BCUT2D eigenvalue weighted by Crippen LogP contribution is -2.55. The minimum absolute atomic E-state index is 0.147. The van der Waals surface area contributed by atoms with Crippen LogP contribution < -0.4 is 5.43 Å². The van der Waals surface area contributed by atoms with Crippen LogP contribution in [0.1, 0.15) is 33.6 Å². The molecular weight excluding hydrogens is 196 g/mol. The van der Waals surface area contributed by atoms with Gasteiger partial charge in [0.25, 0.3) is 0 Å². The zero-order valence-corrected chi connectivity index (χ0v) is 9.62. The van der Waals surface area contributed by atoms with Crippen molar-refractivity contribution in [2.45, 2.75) is 45.3 Å². The number of hydrogen-bond acceptors (Lipinski definition) is 3. The average molecular weight is 216 g/mol. The number of nitrogens with zero attached hydrogens (tertiary/aromatic N) is 1. The van der Waals surface area contributed by atoms with E-state index in [0.717, 1.165) is 19.4 Å². The van der Waals surface area contributed by atoms with Crippen LogP contribution in [0.2, 0.25) is 0 Å². The van der Waals surface area contributed by atoms with Crippen molar-refractivity contribution >= 4 is 6.09 Å². The van der Waals surface area contributed by atoms with E-state index in [1.807, 2.05) is 20.8 Å². The van der Waals surface area contributed by atoms with Crippen molar-refractivity contribution in [2.24, 2.45) is 0 Å². The Balaban J connectivity index is 2.41. The Hall–Kier alpha value is -0.810. The maximum atomic E-state index is 11.0.